The first-order chi connectivity index (χ1) is 10.9. The molecule has 1 aliphatic heterocycles. The Balaban J connectivity index is 0.00000288. The van der Waals surface area contributed by atoms with Crippen molar-refractivity contribution in [1.82, 2.24) is 10.2 Å². The van der Waals surface area contributed by atoms with E-state index in [0.717, 1.165) is 17.8 Å². The zero-order valence-electron chi connectivity index (χ0n) is 13.3. The fourth-order valence-corrected chi connectivity index (χ4v) is 3.22. The molecule has 10 heteroatoms. The van der Waals surface area contributed by atoms with Gasteiger partial charge in [0.15, 0.2) is 0 Å². The summed E-state index contributed by atoms with van der Waals surface area (Å²) in [5, 5.41) is 13.5. The second-order valence-corrected chi connectivity index (χ2v) is 6.70. The summed E-state index contributed by atoms with van der Waals surface area (Å²) >= 11 is 0.833. The van der Waals surface area contributed by atoms with Gasteiger partial charge in [-0.3, -0.25) is 19.7 Å². The molecule has 2 unspecified atom stereocenters. The molecule has 1 aromatic rings. The second-order valence-electron chi connectivity index (χ2n) is 5.64. The van der Waals surface area contributed by atoms with Gasteiger partial charge < -0.3 is 16.0 Å². The third-order valence-corrected chi connectivity index (χ3v) is 4.85. The monoisotopic (exact) mass is 376 g/mol. The Kier molecular flexibility index (Phi) is 7.59. The summed E-state index contributed by atoms with van der Waals surface area (Å²) in [5.41, 5.74) is 5.52. The maximum atomic E-state index is 12.5. The molecule has 1 aromatic heterocycles. The molecule has 2 heterocycles. The molecule has 0 bridgehead atoms. The summed E-state index contributed by atoms with van der Waals surface area (Å²) < 4.78 is 0. The summed E-state index contributed by atoms with van der Waals surface area (Å²) in [6, 6.07) is 2.23. The van der Waals surface area contributed by atoms with Gasteiger partial charge in [-0.15, -0.1) is 12.4 Å². The van der Waals surface area contributed by atoms with Crippen LogP contribution in [0, 0.1) is 16.0 Å². The Labute approximate surface area is 149 Å². The van der Waals surface area contributed by atoms with E-state index in [9.17, 15) is 19.7 Å². The van der Waals surface area contributed by atoms with Crippen LogP contribution < -0.4 is 11.1 Å². The van der Waals surface area contributed by atoms with Gasteiger partial charge in [-0.05, 0) is 31.4 Å². The third-order valence-electron chi connectivity index (χ3n) is 3.83. The van der Waals surface area contributed by atoms with Gasteiger partial charge in [-0.1, -0.05) is 18.3 Å². The molecular weight excluding hydrogens is 356 g/mol. The Morgan fingerprint density at radius 2 is 2.25 bits per heavy atom. The highest BCUT2D eigenvalue weighted by molar-refractivity contribution is 7.17. The maximum Gasteiger partial charge on any atom is 0.324 e. The molecule has 3 N–H and O–H groups in total. The second kappa shape index (κ2) is 8.95. The number of amides is 2. The minimum atomic E-state index is -0.524. The number of nitro groups is 1. The highest BCUT2D eigenvalue weighted by Gasteiger charge is 2.35. The molecule has 0 radical (unpaired) electrons. The average Bonchev–Trinajstić information content (AvgIpc) is 3.20. The number of nitrogens with two attached hydrogens (primary N) is 1. The Bertz CT molecular complexity index is 609. The van der Waals surface area contributed by atoms with E-state index in [4.69, 9.17) is 5.73 Å². The van der Waals surface area contributed by atoms with Crippen LogP contribution in [-0.2, 0) is 4.79 Å². The molecule has 2 amide bonds. The van der Waals surface area contributed by atoms with Crippen molar-refractivity contribution in [1.29, 1.82) is 0 Å². The lowest BCUT2D eigenvalue weighted by Crippen LogP contribution is -2.47. The van der Waals surface area contributed by atoms with Crippen LogP contribution in [0.15, 0.2) is 12.1 Å². The maximum absolute atomic E-state index is 12.5. The standard InChI is InChI=1S/C14H20N4O4S.ClH/c1-9(7-15)8-16-13(19)10-3-2-6-17(10)14(20)11-4-5-12(23-11)18(21)22;/h4-5,9-10H,2-3,6-8,15H2,1H3,(H,16,19);1H. The predicted molar refractivity (Wildman–Crippen MR) is 93.5 cm³/mol. The number of carbonyl (C=O) groups is 2. The van der Waals surface area contributed by atoms with Crippen LogP contribution in [0.4, 0.5) is 5.00 Å². The van der Waals surface area contributed by atoms with E-state index < -0.39 is 11.0 Å². The first-order valence-electron chi connectivity index (χ1n) is 7.47. The number of nitrogens with one attached hydrogen (secondary N) is 1. The summed E-state index contributed by atoms with van der Waals surface area (Å²) in [4.78, 5) is 36.8. The van der Waals surface area contributed by atoms with Gasteiger partial charge in [0, 0.05) is 19.2 Å². The molecule has 2 atom stereocenters. The molecule has 1 saturated heterocycles. The number of hydrogen-bond acceptors (Lipinski definition) is 6. The molecule has 134 valence electrons. The molecule has 24 heavy (non-hydrogen) atoms. The number of halogens is 1. The predicted octanol–water partition coefficient (Wildman–Crippen LogP) is 1.39. The lowest BCUT2D eigenvalue weighted by molar-refractivity contribution is -0.380. The third kappa shape index (κ3) is 4.65. The van der Waals surface area contributed by atoms with Crippen LogP contribution in [0.3, 0.4) is 0 Å². The van der Waals surface area contributed by atoms with Gasteiger partial charge in [0.2, 0.25) is 5.91 Å². The van der Waals surface area contributed by atoms with E-state index in [1.165, 1.54) is 17.0 Å². The highest BCUT2D eigenvalue weighted by Crippen LogP contribution is 2.28. The minimum absolute atomic E-state index is 0. The van der Waals surface area contributed by atoms with Crippen molar-refractivity contribution in [3.63, 3.8) is 0 Å². The molecule has 8 nitrogen and oxygen atoms in total. The number of thiophene rings is 1. The quantitative estimate of drug-likeness (QED) is 0.574. The van der Waals surface area contributed by atoms with Crippen molar-refractivity contribution in [2.45, 2.75) is 25.8 Å². The molecule has 0 spiro atoms. The normalized spacial score (nSPS) is 17.9. The van der Waals surface area contributed by atoms with E-state index in [2.05, 4.69) is 5.32 Å². The van der Waals surface area contributed by atoms with E-state index in [0.29, 0.717) is 26.1 Å². The molecular formula is C14H21ClN4O4S. The smallest absolute Gasteiger partial charge is 0.324 e. The molecule has 2 rings (SSSR count). The fraction of sp³-hybridized carbons (Fsp3) is 0.571. The molecule has 0 saturated carbocycles. The first-order valence-corrected chi connectivity index (χ1v) is 8.28. The topological polar surface area (TPSA) is 119 Å². The highest BCUT2D eigenvalue weighted by atomic mass is 35.5. The first kappa shape index (κ1) is 20.3. The van der Waals surface area contributed by atoms with E-state index in [1.807, 2.05) is 6.92 Å². The van der Waals surface area contributed by atoms with Crippen LogP contribution >= 0.6 is 23.7 Å². The number of rotatable bonds is 6. The number of hydrogen-bond donors (Lipinski definition) is 2. The van der Waals surface area contributed by atoms with Crippen molar-refractivity contribution in [3.8, 4) is 0 Å². The van der Waals surface area contributed by atoms with Crippen LogP contribution in [0.5, 0.6) is 0 Å². The number of nitrogens with zero attached hydrogens (tertiary/aromatic N) is 2. The van der Waals surface area contributed by atoms with Crippen LogP contribution in [0.1, 0.15) is 29.4 Å². The largest absolute Gasteiger partial charge is 0.354 e. The SMILES string of the molecule is CC(CN)CNC(=O)C1CCCN1C(=O)c1ccc([N+](=O)[O-])s1.Cl. The molecule has 1 aliphatic rings. The molecule has 0 aliphatic carbocycles. The van der Waals surface area contributed by atoms with Crippen molar-refractivity contribution in [3.05, 3.63) is 27.1 Å². The van der Waals surface area contributed by atoms with Gasteiger partial charge >= 0.3 is 5.00 Å². The zero-order valence-corrected chi connectivity index (χ0v) is 14.9. The Hall–Kier alpha value is -1.71. The summed E-state index contributed by atoms with van der Waals surface area (Å²) in [6.45, 7) is 3.36. The van der Waals surface area contributed by atoms with Crippen molar-refractivity contribution < 1.29 is 14.5 Å². The lowest BCUT2D eigenvalue weighted by Gasteiger charge is -2.24. The molecule has 0 aromatic carbocycles. The van der Waals surface area contributed by atoms with Crippen LogP contribution in [0.2, 0.25) is 0 Å². The minimum Gasteiger partial charge on any atom is -0.354 e. The van der Waals surface area contributed by atoms with Gasteiger partial charge in [0.05, 0.1) is 9.80 Å². The fourth-order valence-electron chi connectivity index (χ4n) is 2.44. The van der Waals surface area contributed by atoms with Crippen molar-refractivity contribution in [2.75, 3.05) is 19.6 Å². The summed E-state index contributed by atoms with van der Waals surface area (Å²) in [6.07, 6.45) is 1.34. The van der Waals surface area contributed by atoms with E-state index >= 15 is 0 Å². The Morgan fingerprint density at radius 3 is 2.83 bits per heavy atom. The summed E-state index contributed by atoms with van der Waals surface area (Å²) in [7, 11) is 0. The van der Waals surface area contributed by atoms with Gasteiger partial charge in [-0.2, -0.15) is 0 Å². The van der Waals surface area contributed by atoms with Crippen molar-refractivity contribution in [2.24, 2.45) is 11.7 Å². The molecule has 1 fully saturated rings. The number of carbonyl (C=O) groups excluding carboxylic acids is 2. The van der Waals surface area contributed by atoms with Crippen LogP contribution in [-0.4, -0.2) is 47.3 Å². The van der Waals surface area contributed by atoms with E-state index in [-0.39, 0.29) is 40.0 Å². The van der Waals surface area contributed by atoms with Crippen LogP contribution in [0.25, 0.3) is 0 Å². The van der Waals surface area contributed by atoms with Gasteiger partial charge in [0.1, 0.15) is 6.04 Å². The van der Waals surface area contributed by atoms with Crippen molar-refractivity contribution >= 4 is 40.6 Å². The van der Waals surface area contributed by atoms with Gasteiger partial charge in [0.25, 0.3) is 5.91 Å². The average molecular weight is 377 g/mol. The summed E-state index contributed by atoms with van der Waals surface area (Å²) in [5.74, 6) is -0.348. The zero-order chi connectivity index (χ0) is 17.0. The van der Waals surface area contributed by atoms with E-state index in [1.54, 1.807) is 0 Å². The van der Waals surface area contributed by atoms with Gasteiger partial charge in [-0.25, -0.2) is 0 Å². The Morgan fingerprint density at radius 1 is 1.54 bits per heavy atom. The number of likely N-dealkylation sites (tertiary alicyclic amines) is 1. The lowest BCUT2D eigenvalue weighted by atomic mass is 10.1.